The Labute approximate surface area is 96.6 Å². The molecule has 0 fully saturated rings. The molecule has 82 valence electrons. The van der Waals surface area contributed by atoms with E-state index in [2.05, 4.69) is 0 Å². The Morgan fingerprint density at radius 3 is 2.50 bits per heavy atom. The lowest BCUT2D eigenvalue weighted by Gasteiger charge is -2.01. The van der Waals surface area contributed by atoms with E-state index in [4.69, 9.17) is 5.11 Å². The van der Waals surface area contributed by atoms with Gasteiger partial charge in [0.15, 0.2) is 0 Å². The molecule has 2 aromatic rings. The van der Waals surface area contributed by atoms with Gasteiger partial charge in [0.1, 0.15) is 5.75 Å². The zero-order valence-electron chi connectivity index (χ0n) is 8.38. The molecule has 1 aromatic carbocycles. The van der Waals surface area contributed by atoms with Crippen molar-refractivity contribution in [1.82, 2.24) is 0 Å². The number of carbonyl (C=O) groups is 1. The fourth-order valence-electron chi connectivity index (χ4n) is 1.50. The number of hydrogen-bond donors (Lipinski definition) is 2. The van der Waals surface area contributed by atoms with Crippen molar-refractivity contribution in [2.75, 3.05) is 0 Å². The van der Waals surface area contributed by atoms with Crippen LogP contribution in [0.3, 0.4) is 0 Å². The van der Waals surface area contributed by atoms with Crippen LogP contribution >= 0.6 is 11.3 Å². The normalized spacial score (nSPS) is 10.2. The number of hydrogen-bond acceptors (Lipinski definition) is 3. The molecule has 0 radical (unpaired) electrons. The Morgan fingerprint density at radius 1 is 1.19 bits per heavy atom. The molecule has 2 N–H and O–H groups in total. The summed E-state index contributed by atoms with van der Waals surface area (Å²) >= 11 is 1.51. The number of benzene rings is 1. The van der Waals surface area contributed by atoms with E-state index in [-0.39, 0.29) is 12.2 Å². The molecule has 0 atom stereocenters. The molecule has 0 saturated carbocycles. The Morgan fingerprint density at radius 2 is 1.88 bits per heavy atom. The molecule has 1 aromatic heterocycles. The SMILES string of the molecule is O=C(O)Cc1ccsc1-c1ccc(O)cc1. The summed E-state index contributed by atoms with van der Waals surface area (Å²) in [4.78, 5) is 11.6. The van der Waals surface area contributed by atoms with Gasteiger partial charge < -0.3 is 10.2 Å². The second kappa shape index (κ2) is 4.37. The summed E-state index contributed by atoms with van der Waals surface area (Å²) < 4.78 is 0. The van der Waals surface area contributed by atoms with Crippen LogP contribution in [-0.2, 0) is 11.2 Å². The van der Waals surface area contributed by atoms with E-state index in [0.29, 0.717) is 0 Å². The molecular formula is C12H10O3S. The zero-order chi connectivity index (χ0) is 11.5. The third kappa shape index (κ3) is 2.23. The van der Waals surface area contributed by atoms with Gasteiger partial charge in [0.05, 0.1) is 6.42 Å². The van der Waals surface area contributed by atoms with Crippen molar-refractivity contribution < 1.29 is 15.0 Å². The van der Waals surface area contributed by atoms with Gasteiger partial charge in [-0.25, -0.2) is 0 Å². The van der Waals surface area contributed by atoms with Gasteiger partial charge >= 0.3 is 5.97 Å². The van der Waals surface area contributed by atoms with Crippen LogP contribution in [0.5, 0.6) is 5.75 Å². The zero-order valence-corrected chi connectivity index (χ0v) is 9.20. The number of phenols is 1. The van der Waals surface area contributed by atoms with Crippen molar-refractivity contribution in [3.8, 4) is 16.2 Å². The second-order valence-electron chi connectivity index (χ2n) is 3.39. The third-order valence-electron chi connectivity index (χ3n) is 2.22. The van der Waals surface area contributed by atoms with Crippen LogP contribution < -0.4 is 0 Å². The van der Waals surface area contributed by atoms with Crippen LogP contribution in [0.15, 0.2) is 35.7 Å². The van der Waals surface area contributed by atoms with Crippen molar-refractivity contribution in [2.24, 2.45) is 0 Å². The lowest BCUT2D eigenvalue weighted by atomic mass is 10.1. The summed E-state index contributed by atoms with van der Waals surface area (Å²) in [6.07, 6.45) is 0.0275. The van der Waals surface area contributed by atoms with Gasteiger partial charge in [0.2, 0.25) is 0 Å². The lowest BCUT2D eigenvalue weighted by molar-refractivity contribution is -0.136. The summed E-state index contributed by atoms with van der Waals surface area (Å²) in [5.74, 6) is -0.626. The standard InChI is InChI=1S/C12H10O3S/c13-10-3-1-8(2-4-10)12-9(5-6-16-12)7-11(14)15/h1-6,13H,7H2,(H,14,15). The highest BCUT2D eigenvalue weighted by Gasteiger charge is 2.09. The second-order valence-corrected chi connectivity index (χ2v) is 4.31. The van der Waals surface area contributed by atoms with Gasteiger partial charge in [0.25, 0.3) is 0 Å². The summed E-state index contributed by atoms with van der Waals surface area (Å²) in [5.41, 5.74) is 1.74. The summed E-state index contributed by atoms with van der Waals surface area (Å²) in [6, 6.07) is 8.58. The minimum Gasteiger partial charge on any atom is -0.508 e. The van der Waals surface area contributed by atoms with Crippen molar-refractivity contribution in [3.63, 3.8) is 0 Å². The van der Waals surface area contributed by atoms with Crippen molar-refractivity contribution in [3.05, 3.63) is 41.3 Å². The van der Waals surface area contributed by atoms with Crippen LogP contribution in [0, 0.1) is 0 Å². The maximum absolute atomic E-state index is 10.7. The van der Waals surface area contributed by atoms with Gasteiger partial charge in [-0.2, -0.15) is 0 Å². The van der Waals surface area contributed by atoms with Crippen LogP contribution in [-0.4, -0.2) is 16.2 Å². The molecule has 16 heavy (non-hydrogen) atoms. The highest BCUT2D eigenvalue weighted by molar-refractivity contribution is 7.13. The van der Waals surface area contributed by atoms with E-state index < -0.39 is 5.97 Å². The quantitative estimate of drug-likeness (QED) is 0.858. The fraction of sp³-hybridized carbons (Fsp3) is 0.0833. The van der Waals surface area contributed by atoms with Crippen molar-refractivity contribution in [2.45, 2.75) is 6.42 Å². The first kappa shape index (κ1) is 10.7. The third-order valence-corrected chi connectivity index (χ3v) is 3.22. The van der Waals surface area contributed by atoms with Crippen LogP contribution in [0.4, 0.5) is 0 Å². The summed E-state index contributed by atoms with van der Waals surface area (Å²) in [6.45, 7) is 0. The topological polar surface area (TPSA) is 57.5 Å². The smallest absolute Gasteiger partial charge is 0.307 e. The van der Waals surface area contributed by atoms with E-state index >= 15 is 0 Å². The molecule has 0 spiro atoms. The Bertz CT molecular complexity index is 499. The van der Waals surface area contributed by atoms with Gasteiger partial charge in [0, 0.05) is 4.88 Å². The first-order chi connectivity index (χ1) is 7.66. The lowest BCUT2D eigenvalue weighted by Crippen LogP contribution is -1.99. The number of phenolic OH excluding ortho intramolecular Hbond substituents is 1. The van der Waals surface area contributed by atoms with Crippen molar-refractivity contribution in [1.29, 1.82) is 0 Å². The van der Waals surface area contributed by atoms with Gasteiger partial charge in [-0.05, 0) is 46.8 Å². The highest BCUT2D eigenvalue weighted by atomic mass is 32.1. The minimum absolute atomic E-state index is 0.0275. The number of thiophene rings is 1. The highest BCUT2D eigenvalue weighted by Crippen LogP contribution is 2.30. The molecule has 2 rings (SSSR count). The Kier molecular flexibility index (Phi) is 2.92. The maximum Gasteiger partial charge on any atom is 0.307 e. The number of rotatable bonds is 3. The first-order valence-electron chi connectivity index (χ1n) is 4.74. The predicted octanol–water partition coefficient (Wildman–Crippen LogP) is 2.75. The summed E-state index contributed by atoms with van der Waals surface area (Å²) in [7, 11) is 0. The van der Waals surface area contributed by atoms with Crippen LogP contribution in [0.1, 0.15) is 5.56 Å². The molecule has 3 nitrogen and oxygen atoms in total. The number of aliphatic carboxylic acids is 1. The molecule has 0 bridgehead atoms. The van der Waals surface area contributed by atoms with Crippen molar-refractivity contribution >= 4 is 17.3 Å². The fourth-order valence-corrected chi connectivity index (χ4v) is 2.44. The molecule has 0 aliphatic heterocycles. The van der Waals surface area contributed by atoms with E-state index in [0.717, 1.165) is 16.0 Å². The largest absolute Gasteiger partial charge is 0.508 e. The minimum atomic E-state index is -0.835. The predicted molar refractivity (Wildman–Crippen MR) is 62.8 cm³/mol. The molecule has 0 unspecified atom stereocenters. The van der Waals surface area contributed by atoms with Crippen LogP contribution in [0.25, 0.3) is 10.4 Å². The van der Waals surface area contributed by atoms with E-state index in [9.17, 15) is 9.90 Å². The first-order valence-corrected chi connectivity index (χ1v) is 5.62. The Balaban J connectivity index is 2.36. The maximum atomic E-state index is 10.7. The molecule has 0 saturated heterocycles. The molecule has 1 heterocycles. The molecule has 0 amide bonds. The van der Waals surface area contributed by atoms with Crippen LogP contribution in [0.2, 0.25) is 0 Å². The van der Waals surface area contributed by atoms with E-state index in [1.807, 2.05) is 11.4 Å². The average molecular weight is 234 g/mol. The average Bonchev–Trinajstić information content (AvgIpc) is 2.66. The number of carboxylic acid groups (broad SMARTS) is 1. The Hall–Kier alpha value is -1.81. The van der Waals surface area contributed by atoms with Gasteiger partial charge in [-0.1, -0.05) is 0 Å². The molecule has 0 aliphatic carbocycles. The molecular weight excluding hydrogens is 224 g/mol. The molecule has 0 aliphatic rings. The number of carboxylic acids is 1. The number of aromatic hydroxyl groups is 1. The van der Waals surface area contributed by atoms with Gasteiger partial charge in [-0.15, -0.1) is 11.3 Å². The molecule has 4 heteroatoms. The van der Waals surface area contributed by atoms with Gasteiger partial charge in [-0.3, -0.25) is 4.79 Å². The van der Waals surface area contributed by atoms with E-state index in [1.54, 1.807) is 24.3 Å². The summed E-state index contributed by atoms with van der Waals surface area (Å²) in [5, 5.41) is 19.8. The van der Waals surface area contributed by atoms with E-state index in [1.165, 1.54) is 11.3 Å². The monoisotopic (exact) mass is 234 g/mol.